The molecule has 1 aliphatic carbocycles. The van der Waals surface area contributed by atoms with Gasteiger partial charge in [0.25, 0.3) is 0 Å². The van der Waals surface area contributed by atoms with Crippen molar-refractivity contribution in [2.45, 2.75) is 63.2 Å². The summed E-state index contributed by atoms with van der Waals surface area (Å²) in [5.41, 5.74) is 0.507. The van der Waals surface area contributed by atoms with Gasteiger partial charge >= 0.3 is 0 Å². The summed E-state index contributed by atoms with van der Waals surface area (Å²) >= 11 is 0. The predicted octanol–water partition coefficient (Wildman–Crippen LogP) is 3.78. The first-order valence-corrected chi connectivity index (χ1v) is 11.5. The molecule has 0 radical (unpaired) electrons. The molecule has 3 rings (SSSR count). The molecule has 2 fully saturated rings. The van der Waals surface area contributed by atoms with Crippen LogP contribution in [0.4, 0.5) is 5.69 Å². The van der Waals surface area contributed by atoms with E-state index in [1.165, 1.54) is 36.1 Å². The van der Waals surface area contributed by atoms with E-state index in [1.54, 1.807) is 12.1 Å². The second-order valence-electron chi connectivity index (χ2n) is 7.44. The molecule has 0 unspecified atom stereocenters. The number of anilines is 1. The number of hydrogen-bond acceptors (Lipinski definition) is 4. The van der Waals surface area contributed by atoms with E-state index in [9.17, 15) is 13.2 Å². The maximum absolute atomic E-state index is 13.0. The molecule has 7 heteroatoms. The van der Waals surface area contributed by atoms with Crippen LogP contribution in [-0.4, -0.2) is 38.3 Å². The zero-order valence-corrected chi connectivity index (χ0v) is 16.9. The Morgan fingerprint density at radius 1 is 1.19 bits per heavy atom. The number of sulfonamides is 1. The number of benzene rings is 1. The second kappa shape index (κ2) is 9.06. The van der Waals surface area contributed by atoms with Crippen LogP contribution in [0.3, 0.4) is 0 Å². The van der Waals surface area contributed by atoms with Gasteiger partial charge in [0.15, 0.2) is 0 Å². The third kappa shape index (κ3) is 5.02. The molecule has 0 aromatic heterocycles. The third-order valence-electron chi connectivity index (χ3n) is 5.46. The van der Waals surface area contributed by atoms with Gasteiger partial charge in [0.05, 0.1) is 6.61 Å². The van der Waals surface area contributed by atoms with Gasteiger partial charge in [-0.05, 0) is 50.3 Å². The SMILES string of the molecule is CCOc1ccc(NC(=O)CCC2CCCC2)cc1S(=O)(=O)N1CCCC1. The van der Waals surface area contributed by atoms with E-state index < -0.39 is 10.0 Å². The maximum atomic E-state index is 13.0. The zero-order valence-electron chi connectivity index (χ0n) is 16.1. The van der Waals surface area contributed by atoms with Gasteiger partial charge in [-0.15, -0.1) is 0 Å². The molecule has 2 aliphatic rings. The number of ether oxygens (including phenoxy) is 1. The molecule has 0 bridgehead atoms. The molecule has 1 N–H and O–H groups in total. The van der Waals surface area contributed by atoms with Gasteiger partial charge in [-0.1, -0.05) is 25.7 Å². The van der Waals surface area contributed by atoms with Crippen molar-refractivity contribution in [1.29, 1.82) is 0 Å². The largest absolute Gasteiger partial charge is 0.492 e. The summed E-state index contributed by atoms with van der Waals surface area (Å²) in [6, 6.07) is 4.88. The van der Waals surface area contributed by atoms with E-state index in [0.29, 0.717) is 43.5 Å². The first-order valence-electron chi connectivity index (χ1n) is 10.1. The van der Waals surface area contributed by atoms with Crippen molar-refractivity contribution < 1.29 is 17.9 Å². The van der Waals surface area contributed by atoms with Gasteiger partial charge in [0.2, 0.25) is 15.9 Å². The Hall–Kier alpha value is -1.60. The van der Waals surface area contributed by atoms with Crippen LogP contribution < -0.4 is 10.1 Å². The Balaban J connectivity index is 1.73. The van der Waals surface area contributed by atoms with Crippen molar-refractivity contribution in [3.05, 3.63) is 18.2 Å². The molecule has 1 amide bonds. The lowest BCUT2D eigenvalue weighted by molar-refractivity contribution is -0.116. The first kappa shape index (κ1) is 20.1. The van der Waals surface area contributed by atoms with Gasteiger partial charge in [-0.2, -0.15) is 4.31 Å². The summed E-state index contributed by atoms with van der Waals surface area (Å²) < 4.78 is 33.0. The molecule has 6 nitrogen and oxygen atoms in total. The molecular formula is C20H30N2O4S. The summed E-state index contributed by atoms with van der Waals surface area (Å²) in [6.45, 7) is 3.28. The van der Waals surface area contributed by atoms with E-state index in [0.717, 1.165) is 19.3 Å². The van der Waals surface area contributed by atoms with Crippen LogP contribution in [0.1, 0.15) is 58.3 Å². The lowest BCUT2D eigenvalue weighted by Crippen LogP contribution is -2.28. The smallest absolute Gasteiger partial charge is 0.246 e. The number of amides is 1. The van der Waals surface area contributed by atoms with E-state index in [-0.39, 0.29) is 10.8 Å². The molecular weight excluding hydrogens is 364 g/mol. The Morgan fingerprint density at radius 2 is 1.89 bits per heavy atom. The standard InChI is InChI=1S/C20H30N2O4S/c1-2-26-18-11-10-17(21-20(23)12-9-16-7-3-4-8-16)15-19(18)27(24,25)22-13-5-6-14-22/h10-11,15-16H,2-9,12-14H2,1H3,(H,21,23). The van der Waals surface area contributed by atoms with Gasteiger partial charge in [-0.3, -0.25) is 4.79 Å². The maximum Gasteiger partial charge on any atom is 0.246 e. The number of nitrogens with one attached hydrogen (secondary N) is 1. The lowest BCUT2D eigenvalue weighted by atomic mass is 10.0. The zero-order chi connectivity index (χ0) is 19.3. The van der Waals surface area contributed by atoms with Crippen molar-refractivity contribution in [2.24, 2.45) is 5.92 Å². The van der Waals surface area contributed by atoms with Crippen molar-refractivity contribution in [1.82, 2.24) is 4.31 Å². The molecule has 1 aliphatic heterocycles. The summed E-state index contributed by atoms with van der Waals surface area (Å²) in [4.78, 5) is 12.4. The quantitative estimate of drug-likeness (QED) is 0.728. The summed E-state index contributed by atoms with van der Waals surface area (Å²) in [5, 5.41) is 2.86. The van der Waals surface area contributed by atoms with Crippen LogP contribution in [0, 0.1) is 5.92 Å². The van der Waals surface area contributed by atoms with E-state index in [4.69, 9.17) is 4.74 Å². The molecule has 1 aromatic carbocycles. The fraction of sp³-hybridized carbons (Fsp3) is 0.650. The Labute approximate surface area is 162 Å². The lowest BCUT2D eigenvalue weighted by Gasteiger charge is -2.19. The minimum atomic E-state index is -3.62. The van der Waals surface area contributed by atoms with Crippen LogP contribution in [-0.2, 0) is 14.8 Å². The van der Waals surface area contributed by atoms with Crippen LogP contribution in [0.15, 0.2) is 23.1 Å². The van der Waals surface area contributed by atoms with Gasteiger partial charge in [0.1, 0.15) is 10.6 Å². The molecule has 1 saturated heterocycles. The fourth-order valence-corrected chi connectivity index (χ4v) is 5.66. The van der Waals surface area contributed by atoms with Gasteiger partial charge in [-0.25, -0.2) is 8.42 Å². The fourth-order valence-electron chi connectivity index (χ4n) is 3.99. The second-order valence-corrected chi connectivity index (χ2v) is 9.35. The highest BCUT2D eigenvalue weighted by atomic mass is 32.2. The topological polar surface area (TPSA) is 75.7 Å². The molecule has 27 heavy (non-hydrogen) atoms. The van der Waals surface area contributed by atoms with E-state index >= 15 is 0 Å². The highest BCUT2D eigenvalue weighted by molar-refractivity contribution is 7.89. The summed E-state index contributed by atoms with van der Waals surface area (Å²) in [5.74, 6) is 0.936. The van der Waals surface area contributed by atoms with Gasteiger partial charge in [0, 0.05) is 25.2 Å². The number of hydrogen-bond donors (Lipinski definition) is 1. The minimum Gasteiger partial charge on any atom is -0.492 e. The molecule has 0 atom stereocenters. The molecule has 1 heterocycles. The van der Waals surface area contributed by atoms with Crippen molar-refractivity contribution >= 4 is 21.6 Å². The highest BCUT2D eigenvalue weighted by Crippen LogP contribution is 2.32. The Morgan fingerprint density at radius 3 is 2.56 bits per heavy atom. The van der Waals surface area contributed by atoms with Crippen molar-refractivity contribution in [3.8, 4) is 5.75 Å². The van der Waals surface area contributed by atoms with Crippen LogP contribution in [0.2, 0.25) is 0 Å². The average molecular weight is 395 g/mol. The number of carbonyl (C=O) groups is 1. The van der Waals surface area contributed by atoms with E-state index in [1.807, 2.05) is 6.92 Å². The van der Waals surface area contributed by atoms with Crippen LogP contribution in [0.5, 0.6) is 5.75 Å². The molecule has 1 aromatic rings. The number of carbonyl (C=O) groups excluding carboxylic acids is 1. The summed E-state index contributed by atoms with van der Waals surface area (Å²) in [7, 11) is -3.62. The highest BCUT2D eigenvalue weighted by Gasteiger charge is 2.30. The normalized spacial score (nSPS) is 18.7. The third-order valence-corrected chi connectivity index (χ3v) is 7.38. The van der Waals surface area contributed by atoms with Crippen LogP contribution >= 0.6 is 0 Å². The molecule has 150 valence electrons. The first-order chi connectivity index (χ1) is 13.0. The van der Waals surface area contributed by atoms with E-state index in [2.05, 4.69) is 5.32 Å². The van der Waals surface area contributed by atoms with Crippen molar-refractivity contribution in [3.63, 3.8) is 0 Å². The number of nitrogens with zero attached hydrogens (tertiary/aromatic N) is 1. The number of rotatable bonds is 8. The van der Waals surface area contributed by atoms with Crippen molar-refractivity contribution in [2.75, 3.05) is 25.0 Å². The Bertz CT molecular complexity index is 751. The average Bonchev–Trinajstić information content (AvgIpc) is 3.35. The molecule has 1 saturated carbocycles. The summed E-state index contributed by atoms with van der Waals surface area (Å²) in [6.07, 6.45) is 8.10. The van der Waals surface area contributed by atoms with Gasteiger partial charge < -0.3 is 10.1 Å². The minimum absolute atomic E-state index is 0.0596. The molecule has 0 spiro atoms. The Kier molecular flexibility index (Phi) is 6.76. The monoisotopic (exact) mass is 394 g/mol. The van der Waals surface area contributed by atoms with Crippen LogP contribution in [0.25, 0.3) is 0 Å². The predicted molar refractivity (Wildman–Crippen MR) is 105 cm³/mol.